The van der Waals surface area contributed by atoms with Crippen LogP contribution in [0.1, 0.15) is 31.9 Å². The van der Waals surface area contributed by atoms with Gasteiger partial charge in [-0.15, -0.1) is 0 Å². The predicted molar refractivity (Wildman–Crippen MR) is 128 cm³/mol. The number of ether oxygens (including phenoxy) is 3. The van der Waals surface area contributed by atoms with Gasteiger partial charge in [-0.3, -0.25) is 4.79 Å². The predicted octanol–water partition coefficient (Wildman–Crippen LogP) is 6.09. The number of benzene rings is 3. The van der Waals surface area contributed by atoms with Crippen molar-refractivity contribution < 1.29 is 19.0 Å². The van der Waals surface area contributed by atoms with Gasteiger partial charge in [0.15, 0.2) is 6.10 Å². The van der Waals surface area contributed by atoms with E-state index < -0.39 is 6.10 Å². The molecule has 0 spiro atoms. The first-order chi connectivity index (χ1) is 15.3. The summed E-state index contributed by atoms with van der Waals surface area (Å²) in [6.45, 7) is 6.06. The van der Waals surface area contributed by atoms with Gasteiger partial charge in [-0.2, -0.15) is 0 Å². The molecule has 1 atom stereocenters. The molecule has 1 unspecified atom stereocenters. The Morgan fingerprint density at radius 3 is 2.09 bits per heavy atom. The number of methoxy groups -OCH3 is 2. The van der Waals surface area contributed by atoms with Gasteiger partial charge in [0, 0.05) is 17.5 Å². The fourth-order valence-corrected chi connectivity index (χ4v) is 3.65. The zero-order valence-electron chi connectivity index (χ0n) is 18.9. The molecule has 3 aromatic carbocycles. The SMILES string of the molecule is COc1cc(NC(=O)C(C)Oc2ccc(C(C)(C)c3ccccc3)cc2)c(OC)cc1Cl. The van der Waals surface area contributed by atoms with Crippen LogP contribution in [-0.2, 0) is 10.2 Å². The van der Waals surface area contributed by atoms with Gasteiger partial charge in [-0.05, 0) is 30.2 Å². The van der Waals surface area contributed by atoms with Crippen molar-refractivity contribution in [2.75, 3.05) is 19.5 Å². The Bertz CT molecular complexity index is 1070. The molecule has 6 heteroatoms. The first-order valence-electron chi connectivity index (χ1n) is 10.3. The molecule has 32 heavy (non-hydrogen) atoms. The summed E-state index contributed by atoms with van der Waals surface area (Å²) >= 11 is 6.13. The van der Waals surface area contributed by atoms with Crippen molar-refractivity contribution >= 4 is 23.2 Å². The number of hydrogen-bond acceptors (Lipinski definition) is 4. The monoisotopic (exact) mass is 453 g/mol. The lowest BCUT2D eigenvalue weighted by molar-refractivity contribution is -0.122. The number of hydrogen-bond donors (Lipinski definition) is 1. The van der Waals surface area contributed by atoms with E-state index in [4.69, 9.17) is 25.8 Å². The zero-order valence-corrected chi connectivity index (χ0v) is 19.7. The molecule has 0 saturated heterocycles. The molecular formula is C26H28ClNO4. The summed E-state index contributed by atoms with van der Waals surface area (Å²) in [5, 5.41) is 3.21. The van der Waals surface area contributed by atoms with Crippen LogP contribution in [0.2, 0.25) is 5.02 Å². The summed E-state index contributed by atoms with van der Waals surface area (Å²) in [4.78, 5) is 12.7. The first-order valence-corrected chi connectivity index (χ1v) is 10.7. The van der Waals surface area contributed by atoms with Crippen LogP contribution < -0.4 is 19.5 Å². The molecule has 3 aromatic rings. The van der Waals surface area contributed by atoms with Gasteiger partial charge in [-0.1, -0.05) is 67.9 Å². The third-order valence-corrected chi connectivity index (χ3v) is 5.78. The van der Waals surface area contributed by atoms with Gasteiger partial charge in [0.1, 0.15) is 17.2 Å². The van der Waals surface area contributed by atoms with Gasteiger partial charge < -0.3 is 19.5 Å². The van der Waals surface area contributed by atoms with Crippen LogP contribution >= 0.6 is 11.6 Å². The average Bonchev–Trinajstić information content (AvgIpc) is 2.80. The summed E-state index contributed by atoms with van der Waals surface area (Å²) in [6.07, 6.45) is -0.727. The second-order valence-corrected chi connectivity index (χ2v) is 8.36. The molecule has 5 nitrogen and oxygen atoms in total. The molecule has 0 bridgehead atoms. The van der Waals surface area contributed by atoms with Gasteiger partial charge in [0.2, 0.25) is 0 Å². The van der Waals surface area contributed by atoms with Crippen LogP contribution in [0.5, 0.6) is 17.2 Å². The van der Waals surface area contributed by atoms with Crippen LogP contribution in [-0.4, -0.2) is 26.2 Å². The molecule has 0 aliphatic carbocycles. The van der Waals surface area contributed by atoms with Crippen molar-refractivity contribution in [2.24, 2.45) is 0 Å². The highest BCUT2D eigenvalue weighted by atomic mass is 35.5. The van der Waals surface area contributed by atoms with Crippen molar-refractivity contribution in [3.63, 3.8) is 0 Å². The minimum absolute atomic E-state index is 0.146. The molecular weight excluding hydrogens is 426 g/mol. The number of carbonyl (C=O) groups excluding carboxylic acids is 1. The normalized spacial score (nSPS) is 12.1. The Balaban J connectivity index is 1.70. The van der Waals surface area contributed by atoms with Crippen LogP contribution in [0.25, 0.3) is 0 Å². The summed E-state index contributed by atoms with van der Waals surface area (Å²) in [6, 6.07) is 21.4. The van der Waals surface area contributed by atoms with Crippen molar-refractivity contribution in [2.45, 2.75) is 32.3 Å². The van der Waals surface area contributed by atoms with E-state index in [1.54, 1.807) is 19.1 Å². The number of amides is 1. The molecule has 0 fully saturated rings. The number of rotatable bonds is 8. The zero-order chi connectivity index (χ0) is 23.3. The average molecular weight is 454 g/mol. The maximum Gasteiger partial charge on any atom is 0.265 e. The molecule has 168 valence electrons. The summed E-state index contributed by atoms with van der Waals surface area (Å²) in [5.41, 5.74) is 2.70. The maximum atomic E-state index is 12.7. The summed E-state index contributed by atoms with van der Waals surface area (Å²) in [7, 11) is 3.01. The minimum atomic E-state index is -0.727. The lowest BCUT2D eigenvalue weighted by Crippen LogP contribution is -2.30. The highest BCUT2D eigenvalue weighted by Gasteiger charge is 2.23. The molecule has 0 radical (unpaired) electrons. The van der Waals surface area contributed by atoms with Gasteiger partial charge in [-0.25, -0.2) is 0 Å². The van der Waals surface area contributed by atoms with Crippen molar-refractivity contribution in [1.29, 1.82) is 0 Å². The number of nitrogens with one attached hydrogen (secondary N) is 1. The fourth-order valence-electron chi connectivity index (χ4n) is 3.42. The number of anilines is 1. The Kier molecular flexibility index (Phi) is 7.31. The highest BCUT2D eigenvalue weighted by Crippen LogP contribution is 2.36. The molecule has 0 saturated carbocycles. The molecule has 1 N–H and O–H groups in total. The first kappa shape index (κ1) is 23.5. The molecule has 3 rings (SSSR count). The summed E-state index contributed by atoms with van der Waals surface area (Å²) < 4.78 is 16.4. The topological polar surface area (TPSA) is 56.8 Å². The maximum absolute atomic E-state index is 12.7. The van der Waals surface area contributed by atoms with Crippen molar-refractivity contribution in [3.05, 3.63) is 82.9 Å². The molecule has 0 aliphatic rings. The second-order valence-electron chi connectivity index (χ2n) is 7.95. The standard InChI is InChI=1S/C26H28ClNO4/c1-17(25(29)28-22-16-23(30-4)21(27)15-24(22)31-5)32-20-13-11-19(12-14-20)26(2,3)18-9-7-6-8-10-18/h6-17H,1-5H3,(H,28,29). The Labute approximate surface area is 194 Å². The van der Waals surface area contributed by atoms with E-state index in [-0.39, 0.29) is 11.3 Å². The Hall–Kier alpha value is -3.18. The van der Waals surface area contributed by atoms with Crippen LogP contribution in [0.4, 0.5) is 5.69 Å². The van der Waals surface area contributed by atoms with Gasteiger partial charge >= 0.3 is 0 Å². The largest absolute Gasteiger partial charge is 0.495 e. The molecule has 0 aromatic heterocycles. The van der Waals surface area contributed by atoms with Crippen LogP contribution in [0, 0.1) is 0 Å². The highest BCUT2D eigenvalue weighted by molar-refractivity contribution is 6.32. The summed E-state index contributed by atoms with van der Waals surface area (Å²) in [5.74, 6) is 1.17. The molecule has 1 amide bonds. The molecule has 0 heterocycles. The third-order valence-electron chi connectivity index (χ3n) is 5.49. The fraction of sp³-hybridized carbons (Fsp3) is 0.269. The van der Waals surface area contributed by atoms with E-state index >= 15 is 0 Å². The third kappa shape index (κ3) is 5.17. The quantitative estimate of drug-likeness (QED) is 0.448. The van der Waals surface area contributed by atoms with Crippen molar-refractivity contribution in [3.8, 4) is 17.2 Å². The lowest BCUT2D eigenvalue weighted by Gasteiger charge is -2.26. The number of halogens is 1. The van der Waals surface area contributed by atoms with E-state index in [1.807, 2.05) is 42.5 Å². The van der Waals surface area contributed by atoms with E-state index in [0.717, 1.165) is 5.56 Å². The van der Waals surface area contributed by atoms with E-state index in [2.05, 4.69) is 31.3 Å². The smallest absolute Gasteiger partial charge is 0.265 e. The lowest BCUT2D eigenvalue weighted by atomic mass is 9.78. The second kappa shape index (κ2) is 9.96. The van der Waals surface area contributed by atoms with E-state index in [0.29, 0.717) is 28.0 Å². The Morgan fingerprint density at radius 2 is 1.50 bits per heavy atom. The molecule has 0 aliphatic heterocycles. The van der Waals surface area contributed by atoms with Crippen molar-refractivity contribution in [1.82, 2.24) is 0 Å². The number of carbonyl (C=O) groups is 1. The van der Waals surface area contributed by atoms with Gasteiger partial charge in [0.25, 0.3) is 5.91 Å². The van der Waals surface area contributed by atoms with Crippen LogP contribution in [0.15, 0.2) is 66.7 Å². The van der Waals surface area contributed by atoms with E-state index in [1.165, 1.54) is 19.8 Å². The Morgan fingerprint density at radius 1 is 0.906 bits per heavy atom. The van der Waals surface area contributed by atoms with Crippen LogP contribution in [0.3, 0.4) is 0 Å². The minimum Gasteiger partial charge on any atom is -0.495 e. The van der Waals surface area contributed by atoms with E-state index in [9.17, 15) is 4.79 Å². The van der Waals surface area contributed by atoms with Gasteiger partial charge in [0.05, 0.1) is 24.9 Å².